The van der Waals surface area contributed by atoms with E-state index in [9.17, 15) is 4.39 Å². The minimum absolute atomic E-state index is 0.183. The first-order chi connectivity index (χ1) is 7.31. The predicted molar refractivity (Wildman–Crippen MR) is 58.0 cm³/mol. The van der Waals surface area contributed by atoms with Crippen LogP contribution in [0.2, 0.25) is 0 Å². The van der Waals surface area contributed by atoms with E-state index >= 15 is 0 Å². The number of methoxy groups -OCH3 is 1. The third-order valence-electron chi connectivity index (χ3n) is 2.61. The smallest absolute Gasteiger partial charge is 0.146 e. The molecular weight excluding hydrogens is 195 g/mol. The highest BCUT2D eigenvalue weighted by Gasteiger charge is 2.14. The molecule has 15 heavy (non-hydrogen) atoms. The SMILES string of the molecule is COc1ccc(F)c(N2CCNCC2)c1. The quantitative estimate of drug-likeness (QED) is 0.795. The van der Waals surface area contributed by atoms with Crippen LogP contribution in [-0.2, 0) is 0 Å². The van der Waals surface area contributed by atoms with Gasteiger partial charge in [0.05, 0.1) is 12.8 Å². The number of hydrogen-bond donors (Lipinski definition) is 1. The summed E-state index contributed by atoms with van der Waals surface area (Å²) in [6, 6.07) is 4.85. The maximum atomic E-state index is 13.6. The molecule has 1 saturated heterocycles. The average molecular weight is 210 g/mol. The Bertz CT molecular complexity index is 337. The van der Waals surface area contributed by atoms with Crippen LogP contribution in [0, 0.1) is 5.82 Å². The maximum absolute atomic E-state index is 13.6. The standard InChI is InChI=1S/C11H15FN2O/c1-15-9-2-3-10(12)11(8-9)14-6-4-13-5-7-14/h2-3,8,13H,4-7H2,1H3. The van der Waals surface area contributed by atoms with Crippen molar-refractivity contribution in [1.29, 1.82) is 0 Å². The minimum Gasteiger partial charge on any atom is -0.497 e. The van der Waals surface area contributed by atoms with E-state index in [2.05, 4.69) is 5.32 Å². The Kier molecular flexibility index (Phi) is 3.06. The Balaban J connectivity index is 2.24. The van der Waals surface area contributed by atoms with Gasteiger partial charge in [0.25, 0.3) is 0 Å². The molecule has 1 aliphatic heterocycles. The molecule has 1 aromatic rings. The van der Waals surface area contributed by atoms with E-state index in [1.807, 2.05) is 4.90 Å². The van der Waals surface area contributed by atoms with Crippen LogP contribution in [0.15, 0.2) is 18.2 Å². The lowest BCUT2D eigenvalue weighted by atomic mass is 10.2. The number of benzene rings is 1. The van der Waals surface area contributed by atoms with Crippen molar-refractivity contribution in [3.63, 3.8) is 0 Å². The van der Waals surface area contributed by atoms with E-state index in [0.717, 1.165) is 26.2 Å². The highest BCUT2D eigenvalue weighted by molar-refractivity contribution is 5.52. The lowest BCUT2D eigenvalue weighted by Crippen LogP contribution is -2.43. The van der Waals surface area contributed by atoms with Gasteiger partial charge >= 0.3 is 0 Å². The van der Waals surface area contributed by atoms with Crippen LogP contribution in [0.3, 0.4) is 0 Å². The fraction of sp³-hybridized carbons (Fsp3) is 0.455. The molecule has 82 valence electrons. The monoisotopic (exact) mass is 210 g/mol. The molecule has 0 bridgehead atoms. The van der Waals surface area contributed by atoms with Crippen molar-refractivity contribution < 1.29 is 9.13 Å². The highest BCUT2D eigenvalue weighted by atomic mass is 19.1. The molecule has 0 aliphatic carbocycles. The van der Waals surface area contributed by atoms with Gasteiger partial charge in [-0.05, 0) is 12.1 Å². The first kappa shape index (κ1) is 10.2. The molecule has 0 unspecified atom stereocenters. The Morgan fingerprint density at radius 2 is 2.07 bits per heavy atom. The van der Waals surface area contributed by atoms with E-state index in [-0.39, 0.29) is 5.82 Å². The largest absolute Gasteiger partial charge is 0.497 e. The van der Waals surface area contributed by atoms with Crippen LogP contribution in [0.4, 0.5) is 10.1 Å². The summed E-state index contributed by atoms with van der Waals surface area (Å²) in [4.78, 5) is 2.04. The van der Waals surface area contributed by atoms with E-state index in [0.29, 0.717) is 11.4 Å². The number of nitrogens with one attached hydrogen (secondary N) is 1. The van der Waals surface area contributed by atoms with Gasteiger partial charge in [0.2, 0.25) is 0 Å². The number of ether oxygens (including phenoxy) is 1. The van der Waals surface area contributed by atoms with E-state index in [1.54, 1.807) is 19.2 Å². The number of nitrogens with zero attached hydrogens (tertiary/aromatic N) is 1. The molecule has 1 fully saturated rings. The van der Waals surface area contributed by atoms with Gasteiger partial charge < -0.3 is 15.0 Å². The summed E-state index contributed by atoms with van der Waals surface area (Å²) < 4.78 is 18.7. The maximum Gasteiger partial charge on any atom is 0.146 e. The summed E-state index contributed by atoms with van der Waals surface area (Å²) >= 11 is 0. The van der Waals surface area contributed by atoms with Crippen molar-refractivity contribution in [2.75, 3.05) is 38.2 Å². The molecular formula is C11H15FN2O. The van der Waals surface area contributed by atoms with Crippen molar-refractivity contribution in [3.05, 3.63) is 24.0 Å². The zero-order valence-corrected chi connectivity index (χ0v) is 8.79. The molecule has 1 aliphatic rings. The van der Waals surface area contributed by atoms with Crippen LogP contribution >= 0.6 is 0 Å². The molecule has 3 nitrogen and oxygen atoms in total. The zero-order chi connectivity index (χ0) is 10.7. The van der Waals surface area contributed by atoms with Gasteiger partial charge in [-0.3, -0.25) is 0 Å². The molecule has 0 saturated carbocycles. The molecule has 0 amide bonds. The van der Waals surface area contributed by atoms with E-state index in [4.69, 9.17) is 4.74 Å². The lowest BCUT2D eigenvalue weighted by Gasteiger charge is -2.29. The van der Waals surface area contributed by atoms with E-state index < -0.39 is 0 Å². The third kappa shape index (κ3) is 2.21. The van der Waals surface area contributed by atoms with Gasteiger partial charge in [-0.25, -0.2) is 4.39 Å². The predicted octanol–water partition coefficient (Wildman–Crippen LogP) is 1.24. The van der Waals surface area contributed by atoms with Crippen molar-refractivity contribution in [1.82, 2.24) is 5.32 Å². The second-order valence-corrected chi connectivity index (χ2v) is 3.55. The first-order valence-corrected chi connectivity index (χ1v) is 5.10. The Morgan fingerprint density at radius 3 is 2.73 bits per heavy atom. The summed E-state index contributed by atoms with van der Waals surface area (Å²) in [6.07, 6.45) is 0. The average Bonchev–Trinajstić information content (AvgIpc) is 2.31. The van der Waals surface area contributed by atoms with Crippen molar-refractivity contribution in [2.45, 2.75) is 0 Å². The van der Waals surface area contributed by atoms with Crippen molar-refractivity contribution in [3.8, 4) is 5.75 Å². The number of halogens is 1. The fourth-order valence-corrected chi connectivity index (χ4v) is 1.77. The molecule has 0 aromatic heterocycles. The normalized spacial score (nSPS) is 16.5. The summed E-state index contributed by atoms with van der Waals surface area (Å²) in [5.74, 6) is 0.516. The minimum atomic E-state index is -0.183. The molecule has 1 heterocycles. The number of piperazine rings is 1. The molecule has 1 aromatic carbocycles. The van der Waals surface area contributed by atoms with E-state index in [1.165, 1.54) is 6.07 Å². The topological polar surface area (TPSA) is 24.5 Å². The Morgan fingerprint density at radius 1 is 1.33 bits per heavy atom. The molecule has 4 heteroatoms. The number of hydrogen-bond acceptors (Lipinski definition) is 3. The van der Waals surface area contributed by atoms with Crippen LogP contribution in [0.25, 0.3) is 0 Å². The molecule has 2 rings (SSSR count). The molecule has 1 N–H and O–H groups in total. The fourth-order valence-electron chi connectivity index (χ4n) is 1.77. The van der Waals surface area contributed by atoms with Crippen LogP contribution < -0.4 is 15.0 Å². The molecule has 0 spiro atoms. The van der Waals surface area contributed by atoms with Gasteiger partial charge in [0.1, 0.15) is 11.6 Å². The summed E-state index contributed by atoms with van der Waals surface area (Å²) in [5.41, 5.74) is 0.635. The van der Waals surface area contributed by atoms with Crippen LogP contribution in [0.1, 0.15) is 0 Å². The van der Waals surface area contributed by atoms with Crippen LogP contribution in [-0.4, -0.2) is 33.3 Å². The number of rotatable bonds is 2. The first-order valence-electron chi connectivity index (χ1n) is 5.10. The third-order valence-corrected chi connectivity index (χ3v) is 2.61. The summed E-state index contributed by atoms with van der Waals surface area (Å²) in [5, 5.41) is 3.24. The van der Waals surface area contributed by atoms with Gasteiger partial charge in [0.15, 0.2) is 0 Å². The van der Waals surface area contributed by atoms with Crippen LogP contribution in [0.5, 0.6) is 5.75 Å². The highest BCUT2D eigenvalue weighted by Crippen LogP contribution is 2.24. The summed E-state index contributed by atoms with van der Waals surface area (Å²) in [6.45, 7) is 3.47. The van der Waals surface area contributed by atoms with Crippen molar-refractivity contribution in [2.24, 2.45) is 0 Å². The molecule has 0 radical (unpaired) electrons. The van der Waals surface area contributed by atoms with Crippen molar-refractivity contribution >= 4 is 5.69 Å². The Hall–Kier alpha value is -1.29. The number of anilines is 1. The second-order valence-electron chi connectivity index (χ2n) is 3.55. The van der Waals surface area contributed by atoms with Gasteiger partial charge in [-0.15, -0.1) is 0 Å². The molecule has 0 atom stereocenters. The van der Waals surface area contributed by atoms with Gasteiger partial charge in [0, 0.05) is 32.2 Å². The second kappa shape index (κ2) is 4.49. The lowest BCUT2D eigenvalue weighted by molar-refractivity contribution is 0.413. The Labute approximate surface area is 88.8 Å². The summed E-state index contributed by atoms with van der Waals surface area (Å²) in [7, 11) is 1.59. The zero-order valence-electron chi connectivity index (χ0n) is 8.79. The van der Waals surface area contributed by atoms with Gasteiger partial charge in [-0.2, -0.15) is 0 Å². The van der Waals surface area contributed by atoms with Gasteiger partial charge in [-0.1, -0.05) is 0 Å².